The van der Waals surface area contributed by atoms with Gasteiger partial charge in [-0.2, -0.15) is 0 Å². The second-order valence-corrected chi connectivity index (χ2v) is 9.84. The lowest BCUT2D eigenvalue weighted by Gasteiger charge is -2.29. The lowest BCUT2D eigenvalue weighted by molar-refractivity contribution is -0.129. The van der Waals surface area contributed by atoms with Gasteiger partial charge < -0.3 is 19.7 Å². The van der Waals surface area contributed by atoms with Gasteiger partial charge in [-0.25, -0.2) is 8.78 Å². The molecule has 1 N–H and O–H groups in total. The average Bonchev–Trinajstić information content (AvgIpc) is 3.55. The molecule has 196 valence electrons. The van der Waals surface area contributed by atoms with E-state index in [1.807, 2.05) is 6.07 Å². The number of carbonyl (C=O) groups is 1. The van der Waals surface area contributed by atoms with Crippen LogP contribution in [0.1, 0.15) is 36.8 Å². The number of ether oxygens (including phenoxy) is 2. The first-order valence-corrected chi connectivity index (χ1v) is 13.0. The normalized spacial score (nSPS) is 19.1. The van der Waals surface area contributed by atoms with Crippen molar-refractivity contribution in [3.8, 4) is 5.75 Å². The molecule has 1 amide bonds. The van der Waals surface area contributed by atoms with E-state index in [-0.39, 0.29) is 17.8 Å². The van der Waals surface area contributed by atoms with E-state index in [9.17, 15) is 13.6 Å². The van der Waals surface area contributed by atoms with Crippen molar-refractivity contribution >= 4 is 5.91 Å². The molecule has 0 radical (unpaired) electrons. The second-order valence-electron chi connectivity index (χ2n) is 9.84. The van der Waals surface area contributed by atoms with Gasteiger partial charge in [-0.3, -0.25) is 9.69 Å². The summed E-state index contributed by atoms with van der Waals surface area (Å²) < 4.78 is 39.2. The zero-order chi connectivity index (χ0) is 25.3. The smallest absolute Gasteiger partial charge is 0.262 e. The van der Waals surface area contributed by atoms with Crippen LogP contribution in [-0.2, 0) is 16.1 Å². The Morgan fingerprint density at radius 1 is 1.17 bits per heavy atom. The number of nitrogens with zero attached hydrogens (tertiary/aromatic N) is 2. The van der Waals surface area contributed by atoms with Crippen LogP contribution in [0.3, 0.4) is 0 Å². The first-order chi connectivity index (χ1) is 17.5. The van der Waals surface area contributed by atoms with E-state index < -0.39 is 17.7 Å². The molecule has 2 heterocycles. The minimum Gasteiger partial charge on any atom is -0.479 e. The number of benzene rings is 2. The van der Waals surface area contributed by atoms with Crippen molar-refractivity contribution in [3.05, 3.63) is 65.2 Å². The van der Waals surface area contributed by atoms with Crippen molar-refractivity contribution in [3.63, 3.8) is 0 Å². The van der Waals surface area contributed by atoms with Crippen LogP contribution < -0.4 is 10.1 Å². The molecule has 0 saturated carbocycles. The van der Waals surface area contributed by atoms with E-state index in [2.05, 4.69) is 40.2 Å². The Bertz CT molecular complexity index is 994. The fourth-order valence-corrected chi connectivity index (χ4v) is 4.93. The van der Waals surface area contributed by atoms with Crippen LogP contribution in [0.15, 0.2) is 42.5 Å². The molecular formula is C28H37F2N3O3. The number of halogens is 2. The number of hydrogen-bond acceptors (Lipinski definition) is 5. The van der Waals surface area contributed by atoms with Gasteiger partial charge in [0.05, 0.1) is 6.10 Å². The summed E-state index contributed by atoms with van der Waals surface area (Å²) >= 11 is 0. The van der Waals surface area contributed by atoms with Gasteiger partial charge in [-0.05, 0) is 63.4 Å². The van der Waals surface area contributed by atoms with Crippen molar-refractivity contribution < 1.29 is 23.0 Å². The molecule has 2 unspecified atom stereocenters. The van der Waals surface area contributed by atoms with E-state index in [0.717, 1.165) is 56.8 Å². The quantitative estimate of drug-likeness (QED) is 0.478. The minimum atomic E-state index is -1.00. The van der Waals surface area contributed by atoms with Gasteiger partial charge in [-0.1, -0.05) is 29.8 Å². The van der Waals surface area contributed by atoms with Gasteiger partial charge in [0, 0.05) is 45.4 Å². The van der Waals surface area contributed by atoms with Crippen LogP contribution in [0.25, 0.3) is 0 Å². The number of nitrogens with one attached hydrogen (secondary N) is 1. The van der Waals surface area contributed by atoms with Crippen LogP contribution in [0.5, 0.6) is 5.75 Å². The average molecular weight is 502 g/mol. The lowest BCUT2D eigenvalue weighted by Crippen LogP contribution is -2.48. The molecule has 4 rings (SSSR count). The van der Waals surface area contributed by atoms with E-state index in [4.69, 9.17) is 9.47 Å². The molecule has 8 heteroatoms. The van der Waals surface area contributed by atoms with Crippen molar-refractivity contribution in [2.75, 3.05) is 45.9 Å². The fraction of sp³-hybridized carbons (Fsp3) is 0.536. The standard InChI is InChI=1S/C28H37F2N3O3/c1-21-6-4-7-22(16-21)18-33(19-24-8-5-15-35-24)20-27(36-23-9-10-25(29)26(30)17-23)28(34)31-11-14-32-12-2-3-13-32/h4,6-7,9-10,16-17,24,27H,2-3,5,8,11-15,18-20H2,1H3,(H,31,34). The number of carbonyl (C=O) groups excluding carboxylic acids is 1. The monoisotopic (exact) mass is 501 g/mol. The summed E-state index contributed by atoms with van der Waals surface area (Å²) in [6, 6.07) is 11.6. The summed E-state index contributed by atoms with van der Waals surface area (Å²) in [5.74, 6) is -2.09. The summed E-state index contributed by atoms with van der Waals surface area (Å²) in [7, 11) is 0. The van der Waals surface area contributed by atoms with Crippen molar-refractivity contribution in [2.45, 2.75) is 51.4 Å². The molecular weight excluding hydrogens is 464 g/mol. The Morgan fingerprint density at radius 3 is 2.72 bits per heavy atom. The predicted molar refractivity (Wildman–Crippen MR) is 135 cm³/mol. The highest BCUT2D eigenvalue weighted by molar-refractivity contribution is 5.81. The lowest BCUT2D eigenvalue weighted by atomic mass is 10.1. The van der Waals surface area contributed by atoms with Crippen molar-refractivity contribution in [1.82, 2.24) is 15.1 Å². The highest BCUT2D eigenvalue weighted by Crippen LogP contribution is 2.20. The topological polar surface area (TPSA) is 54.0 Å². The molecule has 6 nitrogen and oxygen atoms in total. The molecule has 2 fully saturated rings. The molecule has 0 bridgehead atoms. The maximum atomic E-state index is 13.9. The van der Waals surface area contributed by atoms with Gasteiger partial charge in [-0.15, -0.1) is 0 Å². The van der Waals surface area contributed by atoms with E-state index >= 15 is 0 Å². The zero-order valence-corrected chi connectivity index (χ0v) is 21.1. The third kappa shape index (κ3) is 7.98. The Labute approximate surface area is 212 Å². The third-order valence-corrected chi connectivity index (χ3v) is 6.79. The largest absolute Gasteiger partial charge is 0.479 e. The highest BCUT2D eigenvalue weighted by Gasteiger charge is 2.27. The van der Waals surface area contributed by atoms with Crippen molar-refractivity contribution in [2.24, 2.45) is 0 Å². The van der Waals surface area contributed by atoms with Crippen LogP contribution in [0, 0.1) is 18.6 Å². The van der Waals surface area contributed by atoms with E-state index in [1.165, 1.54) is 24.5 Å². The number of aryl methyl sites for hydroxylation is 1. The second kappa shape index (κ2) is 13.1. The summed E-state index contributed by atoms with van der Waals surface area (Å²) in [6.45, 7) is 7.78. The minimum absolute atomic E-state index is 0.0944. The Hall–Kier alpha value is -2.55. The SMILES string of the molecule is Cc1cccc(CN(CC2CCCO2)CC(Oc2ccc(F)c(F)c2)C(=O)NCCN2CCCC2)c1. The molecule has 2 aliphatic rings. The number of rotatable bonds is 12. The summed E-state index contributed by atoms with van der Waals surface area (Å²) in [4.78, 5) is 17.8. The van der Waals surface area contributed by atoms with Crippen LogP contribution in [0.4, 0.5) is 8.78 Å². The first kappa shape index (κ1) is 26.5. The zero-order valence-electron chi connectivity index (χ0n) is 21.1. The van der Waals surface area contributed by atoms with Gasteiger partial charge in [0.1, 0.15) is 5.75 Å². The third-order valence-electron chi connectivity index (χ3n) is 6.79. The molecule has 2 aliphatic heterocycles. The van der Waals surface area contributed by atoms with Gasteiger partial charge in [0.2, 0.25) is 0 Å². The first-order valence-electron chi connectivity index (χ1n) is 13.0. The fourth-order valence-electron chi connectivity index (χ4n) is 4.93. The van der Waals surface area contributed by atoms with Gasteiger partial charge in [0.25, 0.3) is 5.91 Å². The van der Waals surface area contributed by atoms with E-state index in [0.29, 0.717) is 26.2 Å². The van der Waals surface area contributed by atoms with Crippen molar-refractivity contribution in [1.29, 1.82) is 0 Å². The molecule has 2 aromatic rings. The van der Waals surface area contributed by atoms with E-state index in [1.54, 1.807) is 0 Å². The maximum absolute atomic E-state index is 13.9. The van der Waals surface area contributed by atoms with Gasteiger partial charge in [0.15, 0.2) is 17.7 Å². The molecule has 36 heavy (non-hydrogen) atoms. The Morgan fingerprint density at radius 2 is 2.00 bits per heavy atom. The van der Waals surface area contributed by atoms with Crippen LogP contribution >= 0.6 is 0 Å². The Balaban J connectivity index is 1.48. The molecule has 2 aromatic carbocycles. The Kier molecular flexibility index (Phi) is 9.67. The summed E-state index contributed by atoms with van der Waals surface area (Å²) in [5.41, 5.74) is 2.30. The molecule has 0 aromatic heterocycles. The number of hydrogen-bond donors (Lipinski definition) is 1. The van der Waals surface area contributed by atoms with Crippen LogP contribution in [0.2, 0.25) is 0 Å². The molecule has 2 atom stereocenters. The van der Waals surface area contributed by atoms with Crippen LogP contribution in [-0.4, -0.2) is 73.8 Å². The van der Waals surface area contributed by atoms with Gasteiger partial charge >= 0.3 is 0 Å². The molecule has 2 saturated heterocycles. The summed E-state index contributed by atoms with van der Waals surface area (Å²) in [5, 5.41) is 3.00. The molecule has 0 spiro atoms. The maximum Gasteiger partial charge on any atom is 0.262 e. The highest BCUT2D eigenvalue weighted by atomic mass is 19.2. The predicted octanol–water partition coefficient (Wildman–Crippen LogP) is 3.91. The molecule has 0 aliphatic carbocycles. The number of amides is 1. The number of likely N-dealkylation sites (tertiary alicyclic amines) is 1. The summed E-state index contributed by atoms with van der Waals surface area (Å²) in [6.07, 6.45) is 3.58.